The van der Waals surface area contributed by atoms with Crippen LogP contribution < -0.4 is 0 Å². The number of aromatic nitrogens is 4. The Hall–Kier alpha value is -2.39. The number of nitrogens with zero attached hydrogens (tertiary/aromatic N) is 5. The van der Waals surface area contributed by atoms with Crippen molar-refractivity contribution in [1.82, 2.24) is 24.8 Å². The Kier molecular flexibility index (Phi) is 4.06. The molecule has 2 aromatic rings. The molecule has 1 saturated carbocycles. The number of likely N-dealkylation sites (N-methyl/N-ethyl adjacent to an activating group) is 1. The molecule has 0 bridgehead atoms. The van der Waals surface area contributed by atoms with Crippen LogP contribution in [0.3, 0.4) is 0 Å². The molecular weight excluding hydrogens is 327 g/mol. The Bertz CT molecular complexity index is 748. The molecule has 0 unspecified atom stereocenters. The van der Waals surface area contributed by atoms with Crippen LogP contribution in [0.15, 0.2) is 10.6 Å². The Labute approximate surface area is 135 Å². The number of alkyl halides is 3. The van der Waals surface area contributed by atoms with Crippen LogP contribution >= 0.6 is 0 Å². The zero-order chi connectivity index (χ0) is 17.5. The summed E-state index contributed by atoms with van der Waals surface area (Å²) in [7, 11) is 1.53. The molecule has 24 heavy (non-hydrogen) atoms. The predicted molar refractivity (Wildman–Crippen MR) is 74.7 cm³/mol. The van der Waals surface area contributed by atoms with Gasteiger partial charge < -0.3 is 9.42 Å². The van der Waals surface area contributed by atoms with E-state index < -0.39 is 17.8 Å². The predicted octanol–water partition coefficient (Wildman–Crippen LogP) is 2.13. The van der Waals surface area contributed by atoms with Crippen LogP contribution in [0.5, 0.6) is 0 Å². The van der Waals surface area contributed by atoms with Gasteiger partial charge in [0.25, 0.3) is 0 Å². The summed E-state index contributed by atoms with van der Waals surface area (Å²) in [4.78, 5) is 17.7. The molecule has 1 aliphatic rings. The number of halogens is 3. The fraction of sp³-hybridized carbons (Fsp3) is 0.571. The fourth-order valence-corrected chi connectivity index (χ4v) is 2.19. The van der Waals surface area contributed by atoms with Crippen molar-refractivity contribution in [3.8, 4) is 0 Å². The van der Waals surface area contributed by atoms with Gasteiger partial charge in [-0.25, -0.2) is 0 Å². The number of hydrogen-bond donors (Lipinski definition) is 0. The first-order valence-corrected chi connectivity index (χ1v) is 7.42. The highest BCUT2D eigenvalue weighted by atomic mass is 19.4. The van der Waals surface area contributed by atoms with Gasteiger partial charge in [0.05, 0.1) is 6.54 Å². The summed E-state index contributed by atoms with van der Waals surface area (Å²) in [6.45, 7) is 1.31. The van der Waals surface area contributed by atoms with Gasteiger partial charge in [-0.3, -0.25) is 9.48 Å². The van der Waals surface area contributed by atoms with Crippen LogP contribution in [0.2, 0.25) is 0 Å². The largest absolute Gasteiger partial charge is 0.435 e. The minimum absolute atomic E-state index is 0.126. The molecule has 2 aromatic heterocycles. The summed E-state index contributed by atoms with van der Waals surface area (Å²) in [5.41, 5.74) is -0.748. The summed E-state index contributed by atoms with van der Waals surface area (Å²) >= 11 is 0. The van der Waals surface area contributed by atoms with E-state index in [0.717, 1.165) is 23.6 Å². The molecule has 0 aromatic carbocycles. The molecule has 130 valence electrons. The molecule has 1 amide bonds. The maximum absolute atomic E-state index is 12.6. The van der Waals surface area contributed by atoms with Gasteiger partial charge in [0, 0.05) is 18.7 Å². The minimum Gasteiger partial charge on any atom is -0.339 e. The molecule has 2 heterocycles. The lowest BCUT2D eigenvalue weighted by Crippen LogP contribution is -2.31. The standard InChI is InChI=1S/C14H16F3N5O2/c1-8-5-10(14(15,16)17)19-22(8)7-12(23)21(2)6-11-18-13(24-20-11)9-3-4-9/h5,9H,3-4,6-7H2,1-2H3. The van der Waals surface area contributed by atoms with Crippen molar-refractivity contribution in [2.24, 2.45) is 0 Å². The number of hydrogen-bond acceptors (Lipinski definition) is 5. The SMILES string of the molecule is Cc1cc(C(F)(F)F)nn1CC(=O)N(C)Cc1noc(C2CC2)n1. The van der Waals surface area contributed by atoms with Gasteiger partial charge in [-0.05, 0) is 25.8 Å². The van der Waals surface area contributed by atoms with Crippen molar-refractivity contribution in [3.05, 3.63) is 29.2 Å². The first-order chi connectivity index (χ1) is 11.2. The fourth-order valence-electron chi connectivity index (χ4n) is 2.19. The molecule has 1 aliphatic carbocycles. The maximum atomic E-state index is 12.6. The van der Waals surface area contributed by atoms with Crippen LogP contribution in [-0.2, 0) is 24.1 Å². The van der Waals surface area contributed by atoms with Gasteiger partial charge in [-0.2, -0.15) is 23.3 Å². The lowest BCUT2D eigenvalue weighted by Gasteiger charge is -2.15. The van der Waals surface area contributed by atoms with Gasteiger partial charge in [0.2, 0.25) is 11.8 Å². The van der Waals surface area contributed by atoms with Crippen molar-refractivity contribution < 1.29 is 22.5 Å². The van der Waals surface area contributed by atoms with E-state index in [1.165, 1.54) is 18.9 Å². The average molecular weight is 343 g/mol. The second kappa shape index (κ2) is 5.91. The Morgan fingerprint density at radius 1 is 1.46 bits per heavy atom. The third-order valence-corrected chi connectivity index (χ3v) is 3.77. The zero-order valence-corrected chi connectivity index (χ0v) is 13.2. The highest BCUT2D eigenvalue weighted by Gasteiger charge is 2.34. The number of aryl methyl sites for hydroxylation is 1. The lowest BCUT2D eigenvalue weighted by molar-refractivity contribution is -0.142. The van der Waals surface area contributed by atoms with E-state index >= 15 is 0 Å². The molecule has 0 aliphatic heterocycles. The van der Waals surface area contributed by atoms with Crippen molar-refractivity contribution >= 4 is 5.91 Å². The lowest BCUT2D eigenvalue weighted by atomic mass is 10.3. The summed E-state index contributed by atoms with van der Waals surface area (Å²) in [5, 5.41) is 7.25. The van der Waals surface area contributed by atoms with E-state index in [4.69, 9.17) is 4.52 Å². The van der Waals surface area contributed by atoms with E-state index in [-0.39, 0.29) is 18.8 Å². The monoisotopic (exact) mass is 343 g/mol. The molecular formula is C14H16F3N5O2. The maximum Gasteiger partial charge on any atom is 0.435 e. The van der Waals surface area contributed by atoms with Crippen LogP contribution in [0.1, 0.15) is 41.9 Å². The molecule has 7 nitrogen and oxygen atoms in total. The minimum atomic E-state index is -4.53. The van der Waals surface area contributed by atoms with Gasteiger partial charge >= 0.3 is 6.18 Å². The zero-order valence-electron chi connectivity index (χ0n) is 13.2. The van der Waals surface area contributed by atoms with Crippen LogP contribution in [0.4, 0.5) is 13.2 Å². The van der Waals surface area contributed by atoms with E-state index in [2.05, 4.69) is 15.2 Å². The van der Waals surface area contributed by atoms with Crippen LogP contribution in [-0.4, -0.2) is 37.8 Å². The molecule has 0 spiro atoms. The molecule has 0 atom stereocenters. The molecule has 0 N–H and O–H groups in total. The van der Waals surface area contributed by atoms with Gasteiger partial charge in [-0.1, -0.05) is 5.16 Å². The number of carbonyl (C=O) groups is 1. The smallest absolute Gasteiger partial charge is 0.339 e. The van der Waals surface area contributed by atoms with E-state index in [1.807, 2.05) is 0 Å². The molecule has 0 saturated heterocycles. The third-order valence-electron chi connectivity index (χ3n) is 3.77. The van der Waals surface area contributed by atoms with Crippen molar-refractivity contribution in [2.75, 3.05) is 7.05 Å². The summed E-state index contributed by atoms with van der Waals surface area (Å²) in [5.74, 6) is 0.872. The topological polar surface area (TPSA) is 77.0 Å². The third kappa shape index (κ3) is 3.57. The highest BCUT2D eigenvalue weighted by molar-refractivity contribution is 5.75. The quantitative estimate of drug-likeness (QED) is 0.831. The Balaban J connectivity index is 1.62. The first kappa shape index (κ1) is 16.5. The van der Waals surface area contributed by atoms with Crippen molar-refractivity contribution in [2.45, 2.75) is 44.9 Å². The summed E-state index contributed by atoms with van der Waals surface area (Å²) in [6.07, 6.45) is -2.48. The van der Waals surface area contributed by atoms with Crippen LogP contribution in [0.25, 0.3) is 0 Å². The van der Waals surface area contributed by atoms with Crippen molar-refractivity contribution in [1.29, 1.82) is 0 Å². The molecule has 1 fully saturated rings. The van der Waals surface area contributed by atoms with Gasteiger partial charge in [0.15, 0.2) is 11.5 Å². The second-order valence-corrected chi connectivity index (χ2v) is 5.90. The Morgan fingerprint density at radius 3 is 2.75 bits per heavy atom. The molecule has 0 radical (unpaired) electrons. The average Bonchev–Trinajstić information content (AvgIpc) is 3.13. The number of amides is 1. The van der Waals surface area contributed by atoms with E-state index in [0.29, 0.717) is 17.6 Å². The summed E-state index contributed by atoms with van der Waals surface area (Å²) < 4.78 is 44.1. The highest BCUT2D eigenvalue weighted by Crippen LogP contribution is 2.38. The number of rotatable bonds is 5. The second-order valence-electron chi connectivity index (χ2n) is 5.90. The molecule has 10 heteroatoms. The van der Waals surface area contributed by atoms with Crippen LogP contribution in [0, 0.1) is 6.92 Å². The normalized spacial score (nSPS) is 14.9. The molecule has 3 rings (SSSR count). The van der Waals surface area contributed by atoms with Gasteiger partial charge in [0.1, 0.15) is 6.54 Å². The summed E-state index contributed by atoms with van der Waals surface area (Å²) in [6, 6.07) is 0.911. The van der Waals surface area contributed by atoms with E-state index in [9.17, 15) is 18.0 Å². The number of carbonyl (C=O) groups excluding carboxylic acids is 1. The van der Waals surface area contributed by atoms with Crippen molar-refractivity contribution in [3.63, 3.8) is 0 Å². The van der Waals surface area contributed by atoms with E-state index in [1.54, 1.807) is 0 Å². The Morgan fingerprint density at radius 2 is 2.17 bits per heavy atom. The first-order valence-electron chi connectivity index (χ1n) is 7.42. The van der Waals surface area contributed by atoms with Gasteiger partial charge in [-0.15, -0.1) is 0 Å².